The van der Waals surface area contributed by atoms with Gasteiger partial charge in [-0.15, -0.1) is 11.8 Å². The summed E-state index contributed by atoms with van der Waals surface area (Å²) in [6.45, 7) is 0. The number of hydrogen-bond donors (Lipinski definition) is 1. The largest absolute Gasteiger partial charge is 0.324 e. The minimum Gasteiger partial charge on any atom is -0.324 e. The zero-order valence-corrected chi connectivity index (χ0v) is 16.2. The smallest absolute Gasteiger partial charge is 0.234 e. The molecule has 0 unspecified atom stereocenters. The van der Waals surface area contributed by atoms with Gasteiger partial charge in [0.15, 0.2) is 9.84 Å². The standard InChI is InChI=1S/C19H25NO3S2/c1-25(22,23)17-5-3-2-4-16(17)20-18(21)12-24-19-9-13-6-14(10-19)8-15(7-13)11-19/h2-5,13-15H,6-12H2,1H3,(H,20,21). The maximum absolute atomic E-state index is 12.5. The minimum absolute atomic E-state index is 0.100. The number of sulfone groups is 1. The Morgan fingerprint density at radius 1 is 1.12 bits per heavy atom. The molecule has 0 radical (unpaired) electrons. The van der Waals surface area contributed by atoms with Crippen molar-refractivity contribution in [3.63, 3.8) is 0 Å². The van der Waals surface area contributed by atoms with Gasteiger partial charge in [-0.1, -0.05) is 12.1 Å². The summed E-state index contributed by atoms with van der Waals surface area (Å²) in [5.74, 6) is 2.91. The van der Waals surface area contributed by atoms with Crippen molar-refractivity contribution in [1.82, 2.24) is 0 Å². The fourth-order valence-corrected chi connectivity index (χ4v) is 7.92. The highest BCUT2D eigenvalue weighted by atomic mass is 32.2. The Balaban J connectivity index is 1.41. The van der Waals surface area contributed by atoms with E-state index in [1.165, 1.54) is 50.8 Å². The molecule has 4 fully saturated rings. The number of benzene rings is 1. The van der Waals surface area contributed by atoms with E-state index in [4.69, 9.17) is 0 Å². The summed E-state index contributed by atoms with van der Waals surface area (Å²) in [6, 6.07) is 6.62. The number of carbonyl (C=O) groups is 1. The zero-order chi connectivity index (χ0) is 17.7. The van der Waals surface area contributed by atoms with Gasteiger partial charge in [-0.3, -0.25) is 4.79 Å². The summed E-state index contributed by atoms with van der Waals surface area (Å²) in [4.78, 5) is 12.6. The summed E-state index contributed by atoms with van der Waals surface area (Å²) in [5.41, 5.74) is 0.390. The number of carbonyl (C=O) groups excluding carboxylic acids is 1. The Labute approximate surface area is 154 Å². The molecular formula is C19H25NO3S2. The second-order valence-electron chi connectivity index (χ2n) is 8.21. The molecule has 4 aliphatic carbocycles. The molecule has 5 rings (SSSR count). The maximum atomic E-state index is 12.5. The lowest BCUT2D eigenvalue weighted by Gasteiger charge is -2.56. The van der Waals surface area contributed by atoms with Crippen molar-refractivity contribution in [1.29, 1.82) is 0 Å². The Morgan fingerprint density at radius 2 is 1.68 bits per heavy atom. The summed E-state index contributed by atoms with van der Waals surface area (Å²) >= 11 is 1.81. The lowest BCUT2D eigenvalue weighted by Crippen LogP contribution is -2.49. The van der Waals surface area contributed by atoms with E-state index in [9.17, 15) is 13.2 Å². The van der Waals surface area contributed by atoms with E-state index in [0.717, 1.165) is 17.8 Å². The van der Waals surface area contributed by atoms with Crippen LogP contribution in [0.5, 0.6) is 0 Å². The highest BCUT2D eigenvalue weighted by molar-refractivity contribution is 8.01. The predicted molar refractivity (Wildman–Crippen MR) is 102 cm³/mol. The van der Waals surface area contributed by atoms with E-state index in [-0.39, 0.29) is 10.8 Å². The van der Waals surface area contributed by atoms with Crippen molar-refractivity contribution < 1.29 is 13.2 Å². The molecule has 1 aromatic carbocycles. The van der Waals surface area contributed by atoms with E-state index >= 15 is 0 Å². The third-order valence-electron chi connectivity index (χ3n) is 6.05. The molecule has 1 N–H and O–H groups in total. The normalized spacial score (nSPS) is 33.4. The third-order valence-corrected chi connectivity index (χ3v) is 8.73. The van der Waals surface area contributed by atoms with E-state index in [1.54, 1.807) is 18.2 Å². The summed E-state index contributed by atoms with van der Waals surface area (Å²) in [6.07, 6.45) is 9.14. The fraction of sp³-hybridized carbons (Fsp3) is 0.632. The van der Waals surface area contributed by atoms with Crippen LogP contribution in [0, 0.1) is 17.8 Å². The first-order valence-electron chi connectivity index (χ1n) is 9.06. The van der Waals surface area contributed by atoms with Gasteiger partial charge in [0, 0.05) is 11.0 Å². The maximum Gasteiger partial charge on any atom is 0.234 e. The summed E-state index contributed by atoms with van der Waals surface area (Å²) < 4.78 is 24.0. The number of anilines is 1. The van der Waals surface area contributed by atoms with Crippen LogP contribution >= 0.6 is 11.8 Å². The van der Waals surface area contributed by atoms with E-state index in [1.807, 2.05) is 11.8 Å². The van der Waals surface area contributed by atoms with Crippen LogP contribution < -0.4 is 5.32 Å². The van der Waals surface area contributed by atoms with Gasteiger partial charge < -0.3 is 5.32 Å². The van der Waals surface area contributed by atoms with Crippen molar-refractivity contribution in [3.05, 3.63) is 24.3 Å². The predicted octanol–water partition coefficient (Wildman–Crippen LogP) is 3.73. The topological polar surface area (TPSA) is 63.2 Å². The zero-order valence-electron chi connectivity index (χ0n) is 14.5. The first-order valence-corrected chi connectivity index (χ1v) is 11.9. The van der Waals surface area contributed by atoms with Gasteiger partial charge in [-0.25, -0.2) is 8.42 Å². The lowest BCUT2D eigenvalue weighted by atomic mass is 9.56. The van der Waals surface area contributed by atoms with Crippen LogP contribution in [-0.4, -0.2) is 31.1 Å². The van der Waals surface area contributed by atoms with Crippen LogP contribution in [0.4, 0.5) is 5.69 Å². The van der Waals surface area contributed by atoms with Gasteiger partial charge in [0.25, 0.3) is 0 Å². The number of thioether (sulfide) groups is 1. The average molecular weight is 380 g/mol. The molecule has 0 spiro atoms. The first kappa shape index (κ1) is 17.4. The first-order chi connectivity index (χ1) is 11.8. The Bertz CT molecular complexity index is 752. The average Bonchev–Trinajstić information content (AvgIpc) is 2.51. The summed E-state index contributed by atoms with van der Waals surface area (Å²) in [7, 11) is -3.35. The molecule has 0 heterocycles. The van der Waals surface area contributed by atoms with E-state index < -0.39 is 9.84 Å². The van der Waals surface area contributed by atoms with Crippen LogP contribution in [0.2, 0.25) is 0 Å². The van der Waals surface area contributed by atoms with Crippen LogP contribution in [0.15, 0.2) is 29.2 Å². The Morgan fingerprint density at radius 3 is 2.24 bits per heavy atom. The van der Waals surface area contributed by atoms with E-state index in [0.29, 0.717) is 16.2 Å². The number of rotatable bonds is 5. The fourth-order valence-electron chi connectivity index (χ4n) is 5.51. The Kier molecular flexibility index (Phi) is 4.39. The van der Waals surface area contributed by atoms with Gasteiger partial charge >= 0.3 is 0 Å². The van der Waals surface area contributed by atoms with Gasteiger partial charge in [0.05, 0.1) is 16.3 Å². The molecule has 1 amide bonds. The third kappa shape index (κ3) is 3.61. The second-order valence-corrected chi connectivity index (χ2v) is 11.6. The van der Waals surface area contributed by atoms with E-state index in [2.05, 4.69) is 5.32 Å². The van der Waals surface area contributed by atoms with Crippen molar-refractivity contribution in [2.24, 2.45) is 17.8 Å². The molecule has 136 valence electrons. The molecule has 0 atom stereocenters. The lowest BCUT2D eigenvalue weighted by molar-refractivity contribution is -0.113. The minimum atomic E-state index is -3.35. The molecule has 25 heavy (non-hydrogen) atoms. The van der Waals surface area contributed by atoms with Crippen molar-refractivity contribution in [2.45, 2.75) is 48.2 Å². The van der Waals surface area contributed by atoms with Crippen molar-refractivity contribution >= 4 is 33.2 Å². The molecule has 6 heteroatoms. The van der Waals surface area contributed by atoms with Crippen molar-refractivity contribution in [2.75, 3.05) is 17.3 Å². The van der Waals surface area contributed by atoms with Gasteiger partial charge in [-0.05, 0) is 68.4 Å². The summed E-state index contributed by atoms with van der Waals surface area (Å²) in [5, 5.41) is 2.81. The molecular weight excluding hydrogens is 354 g/mol. The molecule has 4 bridgehead atoms. The molecule has 4 aliphatic rings. The number of para-hydroxylation sites is 1. The number of hydrogen-bond acceptors (Lipinski definition) is 4. The van der Waals surface area contributed by atoms with Crippen molar-refractivity contribution in [3.8, 4) is 0 Å². The van der Waals surface area contributed by atoms with Crippen LogP contribution in [0.1, 0.15) is 38.5 Å². The molecule has 4 nitrogen and oxygen atoms in total. The molecule has 0 aromatic heterocycles. The van der Waals surface area contributed by atoms with Gasteiger partial charge in [-0.2, -0.15) is 0 Å². The highest BCUT2D eigenvalue weighted by Crippen LogP contribution is 2.60. The number of nitrogens with one attached hydrogen (secondary N) is 1. The van der Waals surface area contributed by atoms with Crippen LogP contribution in [0.3, 0.4) is 0 Å². The van der Waals surface area contributed by atoms with Crippen LogP contribution in [-0.2, 0) is 14.6 Å². The molecule has 4 saturated carbocycles. The molecule has 0 saturated heterocycles. The van der Waals surface area contributed by atoms with Gasteiger partial charge in [0.1, 0.15) is 0 Å². The number of amides is 1. The van der Waals surface area contributed by atoms with Crippen LogP contribution in [0.25, 0.3) is 0 Å². The highest BCUT2D eigenvalue weighted by Gasteiger charge is 2.51. The SMILES string of the molecule is CS(=O)(=O)c1ccccc1NC(=O)CSC12CC3CC(CC(C3)C1)C2. The molecule has 0 aliphatic heterocycles. The second kappa shape index (κ2) is 6.31. The molecule has 1 aromatic rings. The quantitative estimate of drug-likeness (QED) is 0.847. The Hall–Kier alpha value is -1.01. The monoisotopic (exact) mass is 379 g/mol. The van der Waals surface area contributed by atoms with Gasteiger partial charge in [0.2, 0.25) is 5.91 Å².